The molecule has 2 rings (SSSR count). The topological polar surface area (TPSA) is 32.3 Å². The highest BCUT2D eigenvalue weighted by Gasteiger charge is 2.21. The van der Waals surface area contributed by atoms with Gasteiger partial charge in [0.25, 0.3) is 0 Å². The van der Waals surface area contributed by atoms with Crippen molar-refractivity contribution < 1.29 is 4.79 Å². The summed E-state index contributed by atoms with van der Waals surface area (Å²) in [7, 11) is 0. The molecule has 0 aliphatic carbocycles. The fourth-order valence-electron chi connectivity index (χ4n) is 2.47. The number of carbonyl (C=O) groups is 1. The van der Waals surface area contributed by atoms with Crippen LogP contribution in [0.25, 0.3) is 0 Å². The van der Waals surface area contributed by atoms with Gasteiger partial charge >= 0.3 is 0 Å². The van der Waals surface area contributed by atoms with Gasteiger partial charge in [0.15, 0.2) is 0 Å². The van der Waals surface area contributed by atoms with Crippen molar-refractivity contribution in [2.24, 2.45) is 0 Å². The predicted octanol–water partition coefficient (Wildman–Crippen LogP) is 2.74. The highest BCUT2D eigenvalue weighted by Crippen LogP contribution is 2.26. The molecular weight excluding hydrogens is 236 g/mol. The normalized spacial score (nSPS) is 16.2. The Morgan fingerprint density at radius 1 is 1.21 bits per heavy atom. The van der Waals surface area contributed by atoms with Crippen molar-refractivity contribution in [3.05, 3.63) is 29.8 Å². The van der Waals surface area contributed by atoms with E-state index in [0.717, 1.165) is 31.6 Å². The van der Waals surface area contributed by atoms with Gasteiger partial charge in [0.2, 0.25) is 5.91 Å². The second-order valence-corrected chi connectivity index (χ2v) is 6.20. The number of anilines is 1. The number of benzene rings is 1. The first kappa shape index (κ1) is 14.1. The van der Waals surface area contributed by atoms with Gasteiger partial charge in [-0.05, 0) is 45.2 Å². The van der Waals surface area contributed by atoms with Gasteiger partial charge in [0, 0.05) is 30.7 Å². The lowest BCUT2D eigenvalue weighted by Gasteiger charge is -2.26. The molecule has 0 aromatic heterocycles. The molecule has 1 aliphatic rings. The van der Waals surface area contributed by atoms with Crippen LogP contribution >= 0.6 is 0 Å². The summed E-state index contributed by atoms with van der Waals surface area (Å²) in [5, 5.41) is 3.45. The third-order valence-corrected chi connectivity index (χ3v) is 3.41. The largest absolute Gasteiger partial charge is 0.311 e. The second kappa shape index (κ2) is 5.74. The fourth-order valence-corrected chi connectivity index (χ4v) is 2.47. The van der Waals surface area contributed by atoms with Gasteiger partial charge in [0.1, 0.15) is 0 Å². The van der Waals surface area contributed by atoms with E-state index in [9.17, 15) is 4.79 Å². The zero-order chi connectivity index (χ0) is 13.9. The summed E-state index contributed by atoms with van der Waals surface area (Å²) in [4.78, 5) is 14.2. The van der Waals surface area contributed by atoms with E-state index in [4.69, 9.17) is 0 Å². The molecule has 19 heavy (non-hydrogen) atoms. The molecule has 1 amide bonds. The summed E-state index contributed by atoms with van der Waals surface area (Å²) in [6.45, 7) is 8.00. The standard InChI is InChI=1S/C16H24N2O/c1-16(2,3)17-11-12-18-14-9-5-4-7-13(14)8-6-10-15(18)19/h4-5,7,9,17H,6,8,10-12H2,1-3H3. The quantitative estimate of drug-likeness (QED) is 0.906. The molecule has 0 atom stereocenters. The van der Waals surface area contributed by atoms with Crippen LogP contribution in [0.15, 0.2) is 24.3 Å². The molecule has 0 fully saturated rings. The van der Waals surface area contributed by atoms with Crippen molar-refractivity contribution in [1.29, 1.82) is 0 Å². The molecule has 0 bridgehead atoms. The van der Waals surface area contributed by atoms with Gasteiger partial charge < -0.3 is 10.2 Å². The molecule has 1 aromatic carbocycles. The zero-order valence-corrected chi connectivity index (χ0v) is 12.2. The summed E-state index contributed by atoms with van der Waals surface area (Å²) >= 11 is 0. The van der Waals surface area contributed by atoms with Gasteiger partial charge in [-0.1, -0.05) is 18.2 Å². The van der Waals surface area contributed by atoms with E-state index in [1.807, 2.05) is 11.0 Å². The van der Waals surface area contributed by atoms with Crippen LogP contribution in [-0.4, -0.2) is 24.5 Å². The van der Waals surface area contributed by atoms with Gasteiger partial charge in [-0.3, -0.25) is 4.79 Å². The summed E-state index contributed by atoms with van der Waals surface area (Å²) in [6.07, 6.45) is 2.62. The lowest BCUT2D eigenvalue weighted by Crippen LogP contribution is -2.43. The number of nitrogens with one attached hydrogen (secondary N) is 1. The molecule has 0 saturated carbocycles. The molecule has 0 unspecified atom stereocenters. The van der Waals surface area contributed by atoms with Crippen LogP contribution in [0.1, 0.15) is 39.2 Å². The lowest BCUT2D eigenvalue weighted by atomic mass is 10.1. The van der Waals surface area contributed by atoms with Crippen molar-refractivity contribution in [2.45, 2.75) is 45.6 Å². The average molecular weight is 260 g/mol. The van der Waals surface area contributed by atoms with Crippen LogP contribution in [0, 0.1) is 0 Å². The van der Waals surface area contributed by atoms with E-state index in [2.05, 4.69) is 44.3 Å². The minimum absolute atomic E-state index is 0.0917. The number of fused-ring (bicyclic) bond motifs is 1. The Morgan fingerprint density at radius 3 is 2.68 bits per heavy atom. The highest BCUT2D eigenvalue weighted by molar-refractivity contribution is 5.94. The van der Waals surface area contributed by atoms with Crippen molar-refractivity contribution in [2.75, 3.05) is 18.0 Å². The first-order valence-corrected chi connectivity index (χ1v) is 7.11. The molecule has 3 nitrogen and oxygen atoms in total. The number of nitrogens with zero attached hydrogens (tertiary/aromatic N) is 1. The molecule has 104 valence electrons. The van der Waals surface area contributed by atoms with Gasteiger partial charge in [-0.15, -0.1) is 0 Å². The Hall–Kier alpha value is -1.35. The maximum atomic E-state index is 12.2. The van der Waals surface area contributed by atoms with Crippen molar-refractivity contribution in [1.82, 2.24) is 5.32 Å². The monoisotopic (exact) mass is 260 g/mol. The van der Waals surface area contributed by atoms with E-state index in [-0.39, 0.29) is 11.4 Å². The van der Waals surface area contributed by atoms with Crippen molar-refractivity contribution in [3.63, 3.8) is 0 Å². The zero-order valence-electron chi connectivity index (χ0n) is 12.2. The van der Waals surface area contributed by atoms with Crippen LogP contribution in [0.2, 0.25) is 0 Å². The van der Waals surface area contributed by atoms with E-state index in [1.165, 1.54) is 5.56 Å². The third kappa shape index (κ3) is 3.80. The molecule has 0 saturated heterocycles. The Bertz CT molecular complexity index is 448. The van der Waals surface area contributed by atoms with E-state index >= 15 is 0 Å². The van der Waals surface area contributed by atoms with Gasteiger partial charge in [0.05, 0.1) is 0 Å². The molecule has 0 radical (unpaired) electrons. The van der Waals surface area contributed by atoms with Crippen molar-refractivity contribution >= 4 is 11.6 Å². The molecule has 1 heterocycles. The first-order valence-electron chi connectivity index (χ1n) is 7.11. The summed E-state index contributed by atoms with van der Waals surface area (Å²) in [5.74, 6) is 0.251. The molecule has 1 N–H and O–H groups in total. The number of rotatable bonds is 3. The van der Waals surface area contributed by atoms with Crippen LogP contribution in [0.3, 0.4) is 0 Å². The number of hydrogen-bond donors (Lipinski definition) is 1. The Balaban J connectivity index is 2.11. The summed E-state index contributed by atoms with van der Waals surface area (Å²) in [6, 6.07) is 8.27. The minimum Gasteiger partial charge on any atom is -0.311 e. The maximum Gasteiger partial charge on any atom is 0.227 e. The molecule has 1 aliphatic heterocycles. The number of aryl methyl sites for hydroxylation is 1. The van der Waals surface area contributed by atoms with Crippen LogP contribution in [0.5, 0.6) is 0 Å². The molecule has 0 spiro atoms. The van der Waals surface area contributed by atoms with Crippen LogP contribution < -0.4 is 10.2 Å². The Morgan fingerprint density at radius 2 is 1.95 bits per heavy atom. The van der Waals surface area contributed by atoms with Crippen molar-refractivity contribution in [3.8, 4) is 0 Å². The fraction of sp³-hybridized carbons (Fsp3) is 0.562. The molecular formula is C16H24N2O. The Labute approximate surface area is 116 Å². The third-order valence-electron chi connectivity index (χ3n) is 3.41. The number of para-hydroxylation sites is 1. The van der Waals surface area contributed by atoms with E-state index < -0.39 is 0 Å². The Kier molecular flexibility index (Phi) is 4.25. The predicted molar refractivity (Wildman–Crippen MR) is 79.5 cm³/mol. The van der Waals surface area contributed by atoms with Crippen LogP contribution in [-0.2, 0) is 11.2 Å². The smallest absolute Gasteiger partial charge is 0.227 e. The van der Waals surface area contributed by atoms with Gasteiger partial charge in [-0.25, -0.2) is 0 Å². The summed E-state index contributed by atoms with van der Waals surface area (Å²) < 4.78 is 0. The summed E-state index contributed by atoms with van der Waals surface area (Å²) in [5.41, 5.74) is 2.49. The minimum atomic E-state index is 0.0917. The van der Waals surface area contributed by atoms with E-state index in [1.54, 1.807) is 0 Å². The number of carbonyl (C=O) groups excluding carboxylic acids is 1. The van der Waals surface area contributed by atoms with Gasteiger partial charge in [-0.2, -0.15) is 0 Å². The molecule has 3 heteroatoms. The SMILES string of the molecule is CC(C)(C)NCCN1C(=O)CCCc2ccccc21. The number of amides is 1. The second-order valence-electron chi connectivity index (χ2n) is 6.20. The first-order chi connectivity index (χ1) is 8.97. The number of hydrogen-bond acceptors (Lipinski definition) is 2. The van der Waals surface area contributed by atoms with E-state index in [0.29, 0.717) is 6.42 Å². The lowest BCUT2D eigenvalue weighted by molar-refractivity contribution is -0.118. The average Bonchev–Trinajstić information content (AvgIpc) is 2.48. The molecule has 1 aromatic rings. The maximum absolute atomic E-state index is 12.2. The van der Waals surface area contributed by atoms with Crippen LogP contribution in [0.4, 0.5) is 5.69 Å². The highest BCUT2D eigenvalue weighted by atomic mass is 16.2.